The highest BCUT2D eigenvalue weighted by atomic mass is 19.4. The Labute approximate surface area is 253 Å². The Morgan fingerprint density at radius 3 is 2.10 bits per heavy atom. The molecule has 42 heavy (non-hydrogen) atoms. The summed E-state index contributed by atoms with van der Waals surface area (Å²) in [5.74, 6) is 2.43. The average Bonchev–Trinajstić information content (AvgIpc) is 2.95. The van der Waals surface area contributed by atoms with Crippen LogP contribution in [0.4, 0.5) is 13.2 Å². The highest BCUT2D eigenvalue weighted by molar-refractivity contribution is 5.69. The van der Waals surface area contributed by atoms with Gasteiger partial charge in [-0.15, -0.1) is 0 Å². The number of carbonyl (C=O) groups excluding carboxylic acids is 1. The van der Waals surface area contributed by atoms with E-state index in [1.54, 1.807) is 12.1 Å². The number of carbonyl (C=O) groups is 1. The molecule has 0 unspecified atom stereocenters. The molecule has 0 spiro atoms. The van der Waals surface area contributed by atoms with Crippen LogP contribution in [-0.2, 0) is 15.7 Å². The molecule has 4 rings (SSSR count). The van der Waals surface area contributed by atoms with E-state index in [4.69, 9.17) is 4.74 Å². The van der Waals surface area contributed by atoms with Gasteiger partial charge in [0.1, 0.15) is 0 Å². The summed E-state index contributed by atoms with van der Waals surface area (Å²) in [5, 5.41) is 0. The third-order valence-corrected chi connectivity index (χ3v) is 10.9. The number of rotatable bonds is 10. The van der Waals surface area contributed by atoms with E-state index in [1.165, 1.54) is 76.3 Å². The van der Waals surface area contributed by atoms with Gasteiger partial charge in [0.2, 0.25) is 0 Å². The highest BCUT2D eigenvalue weighted by Crippen LogP contribution is 2.44. The van der Waals surface area contributed by atoms with Gasteiger partial charge in [-0.1, -0.05) is 65.0 Å². The second-order valence-corrected chi connectivity index (χ2v) is 14.9. The van der Waals surface area contributed by atoms with Crippen LogP contribution in [0.15, 0.2) is 24.3 Å². The minimum atomic E-state index is -4.34. The summed E-state index contributed by atoms with van der Waals surface area (Å²) in [4.78, 5) is 15.2. The maximum atomic E-state index is 13.4. The van der Waals surface area contributed by atoms with E-state index in [0.717, 1.165) is 49.8 Å². The van der Waals surface area contributed by atoms with Gasteiger partial charge in [0.05, 0.1) is 12.2 Å². The molecule has 1 aromatic rings. The number of halogens is 3. The molecule has 0 aliphatic heterocycles. The first-order valence-corrected chi connectivity index (χ1v) is 17.0. The van der Waals surface area contributed by atoms with Crippen LogP contribution in [0.2, 0.25) is 0 Å². The number of hydrogen-bond donors (Lipinski definition) is 0. The first-order valence-electron chi connectivity index (χ1n) is 17.0. The molecule has 0 heterocycles. The Morgan fingerprint density at radius 1 is 0.857 bits per heavy atom. The van der Waals surface area contributed by atoms with E-state index in [-0.39, 0.29) is 17.8 Å². The molecule has 3 fully saturated rings. The van der Waals surface area contributed by atoms with Crippen molar-refractivity contribution < 1.29 is 22.7 Å². The lowest BCUT2D eigenvalue weighted by molar-refractivity contribution is -0.144. The van der Waals surface area contributed by atoms with Gasteiger partial charge < -0.3 is 4.74 Å². The topological polar surface area (TPSA) is 29.5 Å². The van der Waals surface area contributed by atoms with Gasteiger partial charge in [0.25, 0.3) is 0 Å². The van der Waals surface area contributed by atoms with Gasteiger partial charge in [0.15, 0.2) is 0 Å². The number of esters is 1. The predicted octanol–water partition coefficient (Wildman–Crippen LogP) is 10.0. The molecule has 3 atom stereocenters. The number of alkyl halides is 3. The standard InChI is InChI=1S/C36H56F3NO2/c1-5-42-34(41)24-28-13-20-33(32(23-28)29-14-18-31(19-15-29)36(37,38)39)40(22-21-26-9-7-6-8-10-26)25-27-11-16-30(17-12-27)35(2,3)4/h14-15,18-19,26-28,30,32-33H,5-13,16-17,20-25H2,1-4H3/t27?,28-,30?,32+,33-/m1/s1. The zero-order valence-electron chi connectivity index (χ0n) is 26.7. The van der Waals surface area contributed by atoms with Crippen LogP contribution in [0.3, 0.4) is 0 Å². The fourth-order valence-electron chi connectivity index (χ4n) is 8.36. The van der Waals surface area contributed by atoms with Gasteiger partial charge in [-0.05, 0) is 118 Å². The molecule has 3 aliphatic carbocycles. The molecule has 238 valence electrons. The molecule has 3 saturated carbocycles. The first kappa shape index (κ1) is 33.3. The summed E-state index contributed by atoms with van der Waals surface area (Å²) < 4.78 is 45.5. The lowest BCUT2D eigenvalue weighted by Gasteiger charge is -2.46. The third kappa shape index (κ3) is 9.47. The van der Waals surface area contributed by atoms with Gasteiger partial charge >= 0.3 is 12.1 Å². The van der Waals surface area contributed by atoms with Crippen molar-refractivity contribution in [1.29, 1.82) is 0 Å². The summed E-state index contributed by atoms with van der Waals surface area (Å²) in [7, 11) is 0. The molecule has 0 radical (unpaired) electrons. The molecule has 0 N–H and O–H groups in total. The average molecular weight is 592 g/mol. The van der Waals surface area contributed by atoms with Crippen molar-refractivity contribution in [1.82, 2.24) is 4.90 Å². The van der Waals surface area contributed by atoms with E-state index in [2.05, 4.69) is 25.7 Å². The Kier molecular flexibility index (Phi) is 11.9. The van der Waals surface area contributed by atoms with Crippen molar-refractivity contribution in [3.63, 3.8) is 0 Å². The van der Waals surface area contributed by atoms with Crippen LogP contribution < -0.4 is 0 Å². The minimum absolute atomic E-state index is 0.123. The Morgan fingerprint density at radius 2 is 1.50 bits per heavy atom. The summed E-state index contributed by atoms with van der Waals surface area (Å²) in [5.41, 5.74) is 0.753. The van der Waals surface area contributed by atoms with E-state index in [1.807, 2.05) is 6.92 Å². The van der Waals surface area contributed by atoms with Crippen LogP contribution in [-0.4, -0.2) is 36.6 Å². The molecule has 0 bridgehead atoms. The fourth-order valence-corrected chi connectivity index (χ4v) is 8.36. The molecular formula is C36H56F3NO2. The van der Waals surface area contributed by atoms with E-state index in [9.17, 15) is 18.0 Å². The first-order chi connectivity index (χ1) is 19.9. The van der Waals surface area contributed by atoms with E-state index < -0.39 is 11.7 Å². The van der Waals surface area contributed by atoms with Gasteiger partial charge in [-0.2, -0.15) is 13.2 Å². The van der Waals surface area contributed by atoms with Crippen LogP contribution in [0.25, 0.3) is 0 Å². The summed E-state index contributed by atoms with van der Waals surface area (Å²) in [6, 6.07) is 6.22. The lowest BCUT2D eigenvalue weighted by atomic mass is 9.69. The largest absolute Gasteiger partial charge is 0.466 e. The Hall–Kier alpha value is -1.56. The third-order valence-electron chi connectivity index (χ3n) is 10.9. The molecule has 0 amide bonds. The van der Waals surface area contributed by atoms with Crippen molar-refractivity contribution in [2.45, 2.75) is 136 Å². The molecule has 3 nitrogen and oxygen atoms in total. The second kappa shape index (κ2) is 14.9. The number of ether oxygens (including phenoxy) is 1. The Balaban J connectivity index is 1.55. The zero-order valence-corrected chi connectivity index (χ0v) is 26.7. The number of benzene rings is 1. The quantitative estimate of drug-likeness (QED) is 0.254. The summed E-state index contributed by atoms with van der Waals surface area (Å²) >= 11 is 0. The van der Waals surface area contributed by atoms with Gasteiger partial charge in [0, 0.05) is 19.0 Å². The van der Waals surface area contributed by atoms with Crippen LogP contribution in [0, 0.1) is 29.1 Å². The van der Waals surface area contributed by atoms with Crippen molar-refractivity contribution >= 4 is 5.97 Å². The Bertz CT molecular complexity index is 955. The molecule has 1 aromatic carbocycles. The van der Waals surface area contributed by atoms with Crippen LogP contribution >= 0.6 is 0 Å². The summed E-state index contributed by atoms with van der Waals surface area (Å²) in [6.45, 7) is 11.5. The van der Waals surface area contributed by atoms with Crippen molar-refractivity contribution in [2.75, 3.05) is 19.7 Å². The highest BCUT2D eigenvalue weighted by Gasteiger charge is 2.39. The maximum Gasteiger partial charge on any atom is 0.416 e. The van der Waals surface area contributed by atoms with Crippen LogP contribution in [0.5, 0.6) is 0 Å². The molecule has 0 aromatic heterocycles. The smallest absolute Gasteiger partial charge is 0.416 e. The summed E-state index contributed by atoms with van der Waals surface area (Å²) in [6.07, 6.45) is 11.9. The van der Waals surface area contributed by atoms with Gasteiger partial charge in [-0.25, -0.2) is 0 Å². The fraction of sp³-hybridized carbons (Fsp3) is 0.806. The molecule has 6 heteroatoms. The van der Waals surface area contributed by atoms with Crippen molar-refractivity contribution in [3.8, 4) is 0 Å². The zero-order chi connectivity index (χ0) is 30.3. The lowest BCUT2D eigenvalue weighted by Crippen LogP contribution is -2.46. The van der Waals surface area contributed by atoms with E-state index in [0.29, 0.717) is 30.4 Å². The minimum Gasteiger partial charge on any atom is -0.466 e. The SMILES string of the molecule is CCOC(=O)C[C@@H]1CC[C@@H](N(CCC2CCCCC2)CC2CCC(C(C)(C)C)CC2)[C@H](c2ccc(C(F)(F)F)cc2)C1. The second-order valence-electron chi connectivity index (χ2n) is 14.9. The normalized spacial score (nSPS) is 28.1. The monoisotopic (exact) mass is 591 g/mol. The number of hydrogen-bond acceptors (Lipinski definition) is 3. The predicted molar refractivity (Wildman–Crippen MR) is 164 cm³/mol. The number of nitrogens with zero attached hydrogens (tertiary/aromatic N) is 1. The van der Waals surface area contributed by atoms with Crippen LogP contribution in [0.1, 0.15) is 135 Å². The molecular weight excluding hydrogens is 535 g/mol. The van der Waals surface area contributed by atoms with Crippen molar-refractivity contribution in [2.24, 2.45) is 29.1 Å². The van der Waals surface area contributed by atoms with Crippen molar-refractivity contribution in [3.05, 3.63) is 35.4 Å². The molecule has 3 aliphatic rings. The van der Waals surface area contributed by atoms with E-state index >= 15 is 0 Å². The maximum absolute atomic E-state index is 13.4. The molecule has 0 saturated heterocycles. The van der Waals surface area contributed by atoms with Gasteiger partial charge in [-0.3, -0.25) is 9.69 Å².